The van der Waals surface area contributed by atoms with Gasteiger partial charge in [0.25, 0.3) is 5.91 Å². The minimum Gasteiger partial charge on any atom is -0.497 e. The maximum atomic E-state index is 12.8. The monoisotopic (exact) mass is 468 g/mol. The van der Waals surface area contributed by atoms with Crippen LogP contribution in [-0.2, 0) is 19.4 Å². The van der Waals surface area contributed by atoms with E-state index in [0.717, 1.165) is 11.3 Å². The Balaban J connectivity index is 1.62. The first-order valence-corrected chi connectivity index (χ1v) is 12.7. The molecule has 0 N–H and O–H groups in total. The van der Waals surface area contributed by atoms with Gasteiger partial charge >= 0.3 is 0 Å². The molecule has 2 aliphatic rings. The number of carbonyl (C=O) groups excluding carboxylic acids is 2. The van der Waals surface area contributed by atoms with E-state index in [2.05, 4.69) is 0 Å². The molecule has 10 heteroatoms. The minimum absolute atomic E-state index is 0.0121. The quantitative estimate of drug-likeness (QED) is 0.449. The van der Waals surface area contributed by atoms with Crippen molar-refractivity contribution in [3.63, 3.8) is 0 Å². The van der Waals surface area contributed by atoms with Crippen molar-refractivity contribution in [1.29, 1.82) is 0 Å². The largest absolute Gasteiger partial charge is 0.497 e. The first-order valence-electron chi connectivity index (χ1n) is 9.63. The van der Waals surface area contributed by atoms with Crippen LogP contribution in [0.2, 0.25) is 0 Å². The lowest BCUT2D eigenvalue weighted by Gasteiger charge is -2.27. The second kappa shape index (κ2) is 9.49. The minimum atomic E-state index is -3.07. The number of carbonyl (C=O) groups is 2. The van der Waals surface area contributed by atoms with Crippen LogP contribution in [0.5, 0.6) is 5.75 Å². The summed E-state index contributed by atoms with van der Waals surface area (Å²) >= 11 is 6.55. The molecule has 2 saturated heterocycles. The summed E-state index contributed by atoms with van der Waals surface area (Å²) in [5.41, 5.74) is 0.854. The number of ether oxygens (including phenoxy) is 1. The summed E-state index contributed by atoms with van der Waals surface area (Å²) in [6.45, 7) is 2.45. The summed E-state index contributed by atoms with van der Waals surface area (Å²) in [6.07, 6.45) is 2.34. The lowest BCUT2D eigenvalue weighted by molar-refractivity contribution is -0.133. The van der Waals surface area contributed by atoms with Crippen LogP contribution in [0.1, 0.15) is 25.3 Å². The third-order valence-electron chi connectivity index (χ3n) is 5.15. The summed E-state index contributed by atoms with van der Waals surface area (Å²) in [5.74, 6) is 0.478. The number of nitrogens with zero attached hydrogens (tertiary/aromatic N) is 2. The molecule has 2 heterocycles. The van der Waals surface area contributed by atoms with E-state index in [1.54, 1.807) is 18.1 Å². The van der Waals surface area contributed by atoms with E-state index in [-0.39, 0.29) is 42.3 Å². The molecule has 1 aromatic carbocycles. The van der Waals surface area contributed by atoms with Gasteiger partial charge < -0.3 is 9.64 Å². The van der Waals surface area contributed by atoms with Gasteiger partial charge in [0.05, 0.1) is 23.5 Å². The average Bonchev–Trinajstić information content (AvgIpc) is 3.20. The van der Waals surface area contributed by atoms with Crippen molar-refractivity contribution in [2.24, 2.45) is 0 Å². The van der Waals surface area contributed by atoms with Gasteiger partial charge in [-0.25, -0.2) is 8.42 Å². The number of hydrogen-bond donors (Lipinski definition) is 0. The lowest BCUT2D eigenvalue weighted by atomic mass is 10.2. The topological polar surface area (TPSA) is 84.0 Å². The number of thiocarbonyl (C=S) groups is 1. The summed E-state index contributed by atoms with van der Waals surface area (Å²) in [4.78, 5) is 29.0. The summed E-state index contributed by atoms with van der Waals surface area (Å²) in [6, 6.07) is 7.04. The van der Waals surface area contributed by atoms with Gasteiger partial charge in [0.2, 0.25) is 5.91 Å². The van der Waals surface area contributed by atoms with Gasteiger partial charge in [-0.3, -0.25) is 14.5 Å². The Labute approximate surface area is 186 Å². The summed E-state index contributed by atoms with van der Waals surface area (Å²) in [5, 5.41) is 0. The first-order chi connectivity index (χ1) is 14.2. The van der Waals surface area contributed by atoms with Crippen LogP contribution in [0.3, 0.4) is 0 Å². The van der Waals surface area contributed by atoms with Crippen molar-refractivity contribution >= 4 is 56.0 Å². The smallest absolute Gasteiger partial charge is 0.266 e. The van der Waals surface area contributed by atoms with Crippen molar-refractivity contribution < 1.29 is 22.7 Å². The van der Waals surface area contributed by atoms with Gasteiger partial charge in [0.1, 0.15) is 10.1 Å². The van der Waals surface area contributed by atoms with Gasteiger partial charge in [0.15, 0.2) is 9.84 Å². The number of hydrogen-bond acceptors (Lipinski definition) is 7. The van der Waals surface area contributed by atoms with Gasteiger partial charge in [-0.2, -0.15) is 0 Å². The Hall–Kier alpha value is -1.91. The molecule has 1 atom stereocenters. The van der Waals surface area contributed by atoms with E-state index in [1.165, 1.54) is 16.7 Å². The van der Waals surface area contributed by atoms with E-state index in [0.29, 0.717) is 22.2 Å². The van der Waals surface area contributed by atoms with Crippen LogP contribution < -0.4 is 4.74 Å². The second-order valence-corrected chi connectivity index (χ2v) is 11.0. The van der Waals surface area contributed by atoms with Crippen LogP contribution in [0, 0.1) is 0 Å². The highest BCUT2D eigenvalue weighted by molar-refractivity contribution is 8.26. The van der Waals surface area contributed by atoms with E-state index < -0.39 is 9.84 Å². The maximum absolute atomic E-state index is 12.8. The number of rotatable bonds is 7. The first kappa shape index (κ1) is 22.8. The van der Waals surface area contributed by atoms with Crippen LogP contribution >= 0.6 is 24.0 Å². The van der Waals surface area contributed by atoms with Gasteiger partial charge in [-0.05, 0) is 37.1 Å². The fourth-order valence-electron chi connectivity index (χ4n) is 3.55. The summed E-state index contributed by atoms with van der Waals surface area (Å²) in [7, 11) is -1.48. The van der Waals surface area contributed by atoms with E-state index in [9.17, 15) is 18.0 Å². The predicted molar refractivity (Wildman–Crippen MR) is 122 cm³/mol. The molecule has 2 aliphatic heterocycles. The zero-order valence-corrected chi connectivity index (χ0v) is 19.3. The average molecular weight is 469 g/mol. The van der Waals surface area contributed by atoms with Crippen LogP contribution in [0.15, 0.2) is 29.2 Å². The molecule has 0 aromatic heterocycles. The Kier molecular flexibility index (Phi) is 7.20. The number of methoxy groups -OCH3 is 1. The lowest BCUT2D eigenvalue weighted by Crippen LogP contribution is -2.42. The van der Waals surface area contributed by atoms with Crippen molar-refractivity contribution in [2.75, 3.05) is 31.7 Å². The number of benzene rings is 1. The zero-order valence-electron chi connectivity index (χ0n) is 16.9. The van der Waals surface area contributed by atoms with Crippen molar-refractivity contribution in [3.8, 4) is 5.75 Å². The van der Waals surface area contributed by atoms with Gasteiger partial charge in [0, 0.05) is 25.6 Å². The Bertz CT molecular complexity index is 973. The molecular weight excluding hydrogens is 444 g/mol. The predicted octanol–water partition coefficient (Wildman–Crippen LogP) is 2.32. The Morgan fingerprint density at radius 3 is 2.63 bits per heavy atom. The Morgan fingerprint density at radius 1 is 1.37 bits per heavy atom. The van der Waals surface area contributed by atoms with E-state index in [1.807, 2.05) is 31.2 Å². The molecule has 2 amide bonds. The standard InChI is InChI=1S/C20H24N2O5S3/c1-3-21(15-9-11-30(25,26)13-15)18(23)8-10-22-19(24)17(29-20(22)28)12-14-4-6-16(27-2)7-5-14/h4-7,12,15H,3,8-11,13H2,1-2H3/b17-12+/t15-/m1/s1. The molecule has 1 aromatic rings. The molecule has 2 fully saturated rings. The third kappa shape index (κ3) is 5.22. The highest BCUT2D eigenvalue weighted by atomic mass is 32.2. The highest BCUT2D eigenvalue weighted by Crippen LogP contribution is 2.33. The fraction of sp³-hybridized carbons (Fsp3) is 0.450. The molecule has 7 nitrogen and oxygen atoms in total. The van der Waals surface area contributed by atoms with E-state index >= 15 is 0 Å². The molecule has 0 unspecified atom stereocenters. The van der Waals surface area contributed by atoms with Gasteiger partial charge in [-0.1, -0.05) is 36.1 Å². The highest BCUT2D eigenvalue weighted by Gasteiger charge is 2.35. The Morgan fingerprint density at radius 2 is 2.07 bits per heavy atom. The van der Waals surface area contributed by atoms with E-state index in [4.69, 9.17) is 17.0 Å². The molecule has 30 heavy (non-hydrogen) atoms. The van der Waals surface area contributed by atoms with Crippen LogP contribution in [-0.4, -0.2) is 72.1 Å². The molecule has 0 saturated carbocycles. The molecule has 162 valence electrons. The number of sulfone groups is 1. The van der Waals surface area contributed by atoms with Crippen molar-refractivity contribution in [3.05, 3.63) is 34.7 Å². The molecule has 0 aliphatic carbocycles. The SMILES string of the molecule is CCN(C(=O)CCN1C(=O)/C(=C\c2ccc(OC)cc2)SC1=S)[C@@H]1CCS(=O)(=O)C1. The summed E-state index contributed by atoms with van der Waals surface area (Å²) < 4.78 is 29.0. The van der Waals surface area contributed by atoms with Crippen molar-refractivity contribution in [1.82, 2.24) is 9.80 Å². The van der Waals surface area contributed by atoms with Crippen LogP contribution in [0.4, 0.5) is 0 Å². The molecule has 3 rings (SSSR count). The molecular formula is C20H24N2O5S3. The van der Waals surface area contributed by atoms with Crippen LogP contribution in [0.25, 0.3) is 6.08 Å². The fourth-order valence-corrected chi connectivity index (χ4v) is 6.59. The second-order valence-electron chi connectivity index (χ2n) is 7.09. The molecule has 0 spiro atoms. The number of thioether (sulfide) groups is 1. The van der Waals surface area contributed by atoms with Gasteiger partial charge in [-0.15, -0.1) is 0 Å². The third-order valence-corrected chi connectivity index (χ3v) is 8.27. The molecule has 0 radical (unpaired) electrons. The maximum Gasteiger partial charge on any atom is 0.266 e. The zero-order chi connectivity index (χ0) is 21.9. The normalized spacial score (nSPS) is 22.0. The number of amides is 2. The van der Waals surface area contributed by atoms with Crippen molar-refractivity contribution in [2.45, 2.75) is 25.8 Å². The molecule has 0 bridgehead atoms.